The van der Waals surface area contributed by atoms with Gasteiger partial charge in [-0.15, -0.1) is 0 Å². The molecule has 20 heavy (non-hydrogen) atoms. The van der Waals surface area contributed by atoms with Crippen molar-refractivity contribution in [3.63, 3.8) is 0 Å². The molecule has 0 saturated heterocycles. The van der Waals surface area contributed by atoms with Gasteiger partial charge in [0.25, 0.3) is 5.91 Å². The Morgan fingerprint density at radius 1 is 1.25 bits per heavy atom. The number of nitrogens with one attached hydrogen (secondary N) is 2. The van der Waals surface area contributed by atoms with Gasteiger partial charge in [0, 0.05) is 11.1 Å². The molecule has 0 radical (unpaired) electrons. The van der Waals surface area contributed by atoms with Gasteiger partial charge in [0.1, 0.15) is 5.82 Å². The largest absolute Gasteiger partial charge is 0.320 e. The maximum Gasteiger partial charge on any atom is 0.276 e. The number of anilines is 1. The molecule has 0 fully saturated rings. The molecule has 0 atom stereocenters. The number of nitrogens with zero attached hydrogens (tertiary/aromatic N) is 1. The molecular weight excluding hydrogens is 257 g/mol. The normalized spacial score (nSPS) is 10.7. The minimum Gasteiger partial charge on any atom is -0.320 e. The quantitative estimate of drug-likeness (QED) is 0.750. The molecule has 2 aromatic carbocycles. The lowest BCUT2D eigenvalue weighted by atomic mass is 10.1. The van der Waals surface area contributed by atoms with Crippen LogP contribution in [0.3, 0.4) is 0 Å². The second kappa shape index (κ2) is 4.77. The number of hydrogen-bond acceptors (Lipinski definition) is 2. The van der Waals surface area contributed by atoms with Crippen molar-refractivity contribution in [3.8, 4) is 0 Å². The standard InChI is InChI=1S/C15H12FN3O/c1-9-6-7-10(16)8-13(9)17-15(20)14-11-4-2-3-5-12(11)18-19-14/h2-8H,1H3,(H,17,20)(H,18,19). The van der Waals surface area contributed by atoms with E-state index < -0.39 is 5.82 Å². The highest BCUT2D eigenvalue weighted by molar-refractivity contribution is 6.11. The lowest BCUT2D eigenvalue weighted by Gasteiger charge is -2.07. The van der Waals surface area contributed by atoms with Gasteiger partial charge in [-0.05, 0) is 30.7 Å². The third-order valence-corrected chi connectivity index (χ3v) is 3.13. The average Bonchev–Trinajstić information content (AvgIpc) is 2.87. The minimum atomic E-state index is -0.391. The van der Waals surface area contributed by atoms with Gasteiger partial charge in [0.15, 0.2) is 5.69 Å². The van der Waals surface area contributed by atoms with Crippen LogP contribution in [0.5, 0.6) is 0 Å². The first-order valence-corrected chi connectivity index (χ1v) is 6.16. The predicted molar refractivity (Wildman–Crippen MR) is 75.2 cm³/mol. The van der Waals surface area contributed by atoms with Crippen molar-refractivity contribution in [1.29, 1.82) is 0 Å². The molecular formula is C15H12FN3O. The Hall–Kier alpha value is -2.69. The van der Waals surface area contributed by atoms with Gasteiger partial charge in [0.2, 0.25) is 0 Å². The number of aryl methyl sites for hydroxylation is 1. The number of rotatable bonds is 2. The summed E-state index contributed by atoms with van der Waals surface area (Å²) in [5.74, 6) is -0.756. The molecule has 5 heteroatoms. The monoisotopic (exact) mass is 269 g/mol. The maximum atomic E-state index is 13.2. The fourth-order valence-corrected chi connectivity index (χ4v) is 2.05. The van der Waals surface area contributed by atoms with Crippen molar-refractivity contribution in [3.05, 3.63) is 59.5 Å². The number of carbonyl (C=O) groups excluding carboxylic acids is 1. The molecule has 2 N–H and O–H groups in total. The van der Waals surface area contributed by atoms with Crippen LogP contribution in [0.1, 0.15) is 16.1 Å². The van der Waals surface area contributed by atoms with Gasteiger partial charge >= 0.3 is 0 Å². The van der Waals surface area contributed by atoms with Gasteiger partial charge < -0.3 is 5.32 Å². The van der Waals surface area contributed by atoms with Gasteiger partial charge in [-0.2, -0.15) is 5.10 Å². The summed E-state index contributed by atoms with van der Waals surface area (Å²) in [4.78, 5) is 12.2. The summed E-state index contributed by atoms with van der Waals surface area (Å²) >= 11 is 0. The van der Waals surface area contributed by atoms with Gasteiger partial charge in [-0.25, -0.2) is 4.39 Å². The number of benzene rings is 2. The second-order valence-electron chi connectivity index (χ2n) is 4.53. The molecule has 0 bridgehead atoms. The van der Waals surface area contributed by atoms with Gasteiger partial charge in [0.05, 0.1) is 5.52 Å². The van der Waals surface area contributed by atoms with Gasteiger partial charge in [-0.1, -0.05) is 24.3 Å². The maximum absolute atomic E-state index is 13.2. The number of H-pyrrole nitrogens is 1. The van der Waals surface area contributed by atoms with Crippen LogP contribution in [-0.2, 0) is 0 Å². The van der Waals surface area contributed by atoms with Crippen LogP contribution < -0.4 is 5.32 Å². The molecule has 100 valence electrons. The SMILES string of the molecule is Cc1ccc(F)cc1NC(=O)c1n[nH]c2ccccc12. The number of para-hydroxylation sites is 1. The molecule has 1 amide bonds. The van der Waals surface area contributed by atoms with E-state index in [4.69, 9.17) is 0 Å². The number of fused-ring (bicyclic) bond motifs is 1. The number of aromatic nitrogens is 2. The summed E-state index contributed by atoms with van der Waals surface area (Å²) in [7, 11) is 0. The average molecular weight is 269 g/mol. The Morgan fingerprint density at radius 3 is 2.90 bits per heavy atom. The number of amides is 1. The van der Waals surface area contributed by atoms with E-state index in [-0.39, 0.29) is 5.91 Å². The number of carbonyl (C=O) groups is 1. The Kier molecular flexibility index (Phi) is 2.95. The fourth-order valence-electron chi connectivity index (χ4n) is 2.05. The zero-order valence-electron chi connectivity index (χ0n) is 10.8. The summed E-state index contributed by atoms with van der Waals surface area (Å²) < 4.78 is 13.2. The van der Waals surface area contributed by atoms with Crippen LogP contribution in [0.2, 0.25) is 0 Å². The van der Waals surface area contributed by atoms with E-state index in [9.17, 15) is 9.18 Å². The van der Waals surface area contributed by atoms with Crippen molar-refractivity contribution in [2.24, 2.45) is 0 Å². The fraction of sp³-hybridized carbons (Fsp3) is 0.0667. The highest BCUT2D eigenvalue weighted by atomic mass is 19.1. The molecule has 0 aliphatic rings. The second-order valence-corrected chi connectivity index (χ2v) is 4.53. The first-order chi connectivity index (χ1) is 9.65. The first kappa shape index (κ1) is 12.3. The van der Waals surface area contributed by atoms with Crippen LogP contribution in [0.15, 0.2) is 42.5 Å². The lowest BCUT2D eigenvalue weighted by molar-refractivity contribution is 0.102. The summed E-state index contributed by atoms with van der Waals surface area (Å²) in [6.07, 6.45) is 0. The van der Waals surface area contributed by atoms with Crippen molar-refractivity contribution in [1.82, 2.24) is 10.2 Å². The van der Waals surface area contributed by atoms with Crippen LogP contribution in [0.4, 0.5) is 10.1 Å². The molecule has 0 unspecified atom stereocenters. The zero-order chi connectivity index (χ0) is 14.1. The molecule has 3 rings (SSSR count). The van der Waals surface area contributed by atoms with Crippen LogP contribution >= 0.6 is 0 Å². The third-order valence-electron chi connectivity index (χ3n) is 3.13. The summed E-state index contributed by atoms with van der Waals surface area (Å²) in [6, 6.07) is 11.6. The van der Waals surface area contributed by atoms with E-state index in [1.54, 1.807) is 13.0 Å². The molecule has 0 aliphatic carbocycles. The summed E-state index contributed by atoms with van der Waals surface area (Å²) in [5.41, 5.74) is 2.32. The topological polar surface area (TPSA) is 57.8 Å². The first-order valence-electron chi connectivity index (χ1n) is 6.16. The Labute approximate surface area is 114 Å². The number of halogens is 1. The number of hydrogen-bond donors (Lipinski definition) is 2. The minimum absolute atomic E-state index is 0.296. The number of aromatic amines is 1. The van der Waals surface area contributed by atoms with Crippen molar-refractivity contribution in [2.45, 2.75) is 6.92 Å². The molecule has 0 aliphatic heterocycles. The predicted octanol–water partition coefficient (Wildman–Crippen LogP) is 3.26. The van der Waals surface area contributed by atoms with E-state index in [0.29, 0.717) is 11.4 Å². The van der Waals surface area contributed by atoms with Crippen LogP contribution in [-0.4, -0.2) is 16.1 Å². The zero-order valence-corrected chi connectivity index (χ0v) is 10.8. The molecule has 0 spiro atoms. The molecule has 4 nitrogen and oxygen atoms in total. The Morgan fingerprint density at radius 2 is 2.05 bits per heavy atom. The van der Waals surface area contributed by atoms with E-state index in [1.807, 2.05) is 24.3 Å². The molecule has 1 heterocycles. The van der Waals surface area contributed by atoms with Crippen LogP contribution in [0.25, 0.3) is 10.9 Å². The smallest absolute Gasteiger partial charge is 0.276 e. The highest BCUT2D eigenvalue weighted by Crippen LogP contribution is 2.19. The molecule has 3 aromatic rings. The third kappa shape index (κ3) is 2.14. The van der Waals surface area contributed by atoms with E-state index in [2.05, 4.69) is 15.5 Å². The van der Waals surface area contributed by atoms with Gasteiger partial charge in [-0.3, -0.25) is 9.89 Å². The molecule has 0 saturated carbocycles. The van der Waals surface area contributed by atoms with Crippen molar-refractivity contribution in [2.75, 3.05) is 5.32 Å². The Bertz CT molecular complexity index is 795. The van der Waals surface area contributed by atoms with Crippen molar-refractivity contribution >= 4 is 22.5 Å². The van der Waals surface area contributed by atoms with Crippen molar-refractivity contribution < 1.29 is 9.18 Å². The van der Waals surface area contributed by atoms with Crippen LogP contribution in [0, 0.1) is 12.7 Å². The van der Waals surface area contributed by atoms with E-state index in [1.165, 1.54) is 12.1 Å². The summed E-state index contributed by atoms with van der Waals surface area (Å²) in [5, 5.41) is 10.2. The summed E-state index contributed by atoms with van der Waals surface area (Å²) in [6.45, 7) is 1.80. The van der Waals surface area contributed by atoms with E-state index >= 15 is 0 Å². The van der Waals surface area contributed by atoms with E-state index in [0.717, 1.165) is 16.5 Å². The Balaban J connectivity index is 1.95. The lowest BCUT2D eigenvalue weighted by Crippen LogP contribution is -2.13. The highest BCUT2D eigenvalue weighted by Gasteiger charge is 2.14. The molecule has 1 aromatic heterocycles.